The highest BCUT2D eigenvalue weighted by Gasteiger charge is 2.35. The summed E-state index contributed by atoms with van der Waals surface area (Å²) in [6.07, 6.45) is 13.0. The van der Waals surface area contributed by atoms with Crippen molar-refractivity contribution < 1.29 is 34.1 Å². The summed E-state index contributed by atoms with van der Waals surface area (Å²) in [5.74, 6) is 0.554. The molecule has 8 nitrogen and oxygen atoms in total. The first-order valence-corrected chi connectivity index (χ1v) is 16.3. The summed E-state index contributed by atoms with van der Waals surface area (Å²) >= 11 is 0. The van der Waals surface area contributed by atoms with Gasteiger partial charge in [-0.25, -0.2) is 0 Å². The molecule has 0 unspecified atom stereocenters. The standard InChI is InChI=1S/C35H57NO7/c1-23(2)12-9-13-24(3)14-10-15-25(4)16-11-18-35(8)19-17-29-28(7)33(26(5)27(6)34(29)43-35)42-32(41)22-36(20-30(37)38)21-31(39)40/h23-25H,9-22H2,1-8H3,(H,37,38)(H,39,40)/t24-,25-,35-/m1/s1. The predicted molar refractivity (Wildman–Crippen MR) is 170 cm³/mol. The van der Waals surface area contributed by atoms with Crippen LogP contribution in [0.1, 0.15) is 121 Å². The maximum absolute atomic E-state index is 12.7. The number of rotatable bonds is 19. The van der Waals surface area contributed by atoms with Crippen molar-refractivity contribution in [2.75, 3.05) is 19.6 Å². The summed E-state index contributed by atoms with van der Waals surface area (Å²) in [6, 6.07) is 0. The van der Waals surface area contributed by atoms with E-state index in [9.17, 15) is 14.4 Å². The van der Waals surface area contributed by atoms with Crippen molar-refractivity contribution in [3.8, 4) is 11.5 Å². The molecule has 0 saturated carbocycles. The van der Waals surface area contributed by atoms with Crippen LogP contribution in [0.3, 0.4) is 0 Å². The predicted octanol–water partition coefficient (Wildman–Crippen LogP) is 7.51. The molecule has 1 heterocycles. The molecule has 8 heteroatoms. The monoisotopic (exact) mass is 603 g/mol. The fourth-order valence-electron chi connectivity index (χ4n) is 6.29. The maximum Gasteiger partial charge on any atom is 0.325 e. The molecule has 0 radical (unpaired) electrons. The highest BCUT2D eigenvalue weighted by Crippen LogP contribution is 2.45. The fraction of sp³-hybridized carbons (Fsp3) is 0.743. The number of carboxylic acids is 2. The summed E-state index contributed by atoms with van der Waals surface area (Å²) < 4.78 is 12.4. The van der Waals surface area contributed by atoms with E-state index >= 15 is 0 Å². The minimum absolute atomic E-state index is 0.242. The van der Waals surface area contributed by atoms with Crippen LogP contribution >= 0.6 is 0 Å². The molecule has 0 fully saturated rings. The van der Waals surface area contributed by atoms with Gasteiger partial charge >= 0.3 is 17.9 Å². The molecule has 0 bridgehead atoms. The summed E-state index contributed by atoms with van der Waals surface area (Å²) in [6.45, 7) is 15.8. The smallest absolute Gasteiger partial charge is 0.325 e. The summed E-state index contributed by atoms with van der Waals surface area (Å²) in [7, 11) is 0. The van der Waals surface area contributed by atoms with E-state index in [1.54, 1.807) is 0 Å². The van der Waals surface area contributed by atoms with Gasteiger partial charge in [0.15, 0.2) is 0 Å². The zero-order valence-electron chi connectivity index (χ0n) is 28.0. The molecule has 43 heavy (non-hydrogen) atoms. The van der Waals surface area contributed by atoms with Crippen molar-refractivity contribution in [3.05, 3.63) is 22.3 Å². The van der Waals surface area contributed by atoms with Gasteiger partial charge in [0.2, 0.25) is 0 Å². The van der Waals surface area contributed by atoms with E-state index in [-0.39, 0.29) is 5.60 Å². The van der Waals surface area contributed by atoms with Crippen molar-refractivity contribution >= 4 is 17.9 Å². The summed E-state index contributed by atoms with van der Waals surface area (Å²) in [4.78, 5) is 36.0. The van der Waals surface area contributed by atoms with E-state index in [0.29, 0.717) is 11.7 Å². The third kappa shape index (κ3) is 12.1. The second kappa shape index (κ2) is 17.0. The molecule has 0 aromatic heterocycles. The van der Waals surface area contributed by atoms with Crippen molar-refractivity contribution in [2.45, 2.75) is 132 Å². The van der Waals surface area contributed by atoms with E-state index in [1.165, 1.54) is 44.9 Å². The molecule has 2 rings (SSSR count). The molecular weight excluding hydrogens is 546 g/mol. The molecule has 0 saturated heterocycles. The number of carbonyl (C=O) groups is 3. The number of ether oxygens (including phenoxy) is 2. The highest BCUT2D eigenvalue weighted by molar-refractivity contribution is 5.79. The number of hydrogen-bond donors (Lipinski definition) is 2. The number of aliphatic carboxylic acids is 2. The first kappa shape index (κ1) is 36.6. The molecular formula is C35H57NO7. The molecule has 1 aromatic carbocycles. The van der Waals surface area contributed by atoms with Crippen LogP contribution < -0.4 is 9.47 Å². The molecule has 0 spiro atoms. The number of fused-ring (bicyclic) bond motifs is 1. The van der Waals surface area contributed by atoms with Crippen molar-refractivity contribution in [1.82, 2.24) is 4.90 Å². The van der Waals surface area contributed by atoms with Gasteiger partial charge < -0.3 is 19.7 Å². The molecule has 0 amide bonds. The molecule has 0 aliphatic carbocycles. The van der Waals surface area contributed by atoms with Crippen LogP contribution in [-0.4, -0.2) is 58.3 Å². The van der Waals surface area contributed by atoms with Crippen molar-refractivity contribution in [1.29, 1.82) is 0 Å². The lowest BCUT2D eigenvalue weighted by Crippen LogP contribution is -2.39. The number of esters is 1. The Balaban J connectivity index is 1.94. The van der Waals surface area contributed by atoms with Crippen LogP contribution in [0.5, 0.6) is 11.5 Å². The lowest BCUT2D eigenvalue weighted by molar-refractivity contribution is -0.144. The zero-order chi connectivity index (χ0) is 32.3. The molecule has 244 valence electrons. The van der Waals surface area contributed by atoms with Gasteiger partial charge in [-0.05, 0) is 87.8 Å². The average Bonchev–Trinajstić information content (AvgIpc) is 2.88. The number of carboxylic acid groups (broad SMARTS) is 2. The molecule has 2 N–H and O–H groups in total. The van der Waals surface area contributed by atoms with E-state index in [4.69, 9.17) is 19.7 Å². The Hall–Kier alpha value is -2.61. The Bertz CT molecular complexity index is 1080. The number of benzene rings is 1. The molecule has 1 aliphatic rings. The van der Waals surface area contributed by atoms with Gasteiger partial charge in [-0.15, -0.1) is 0 Å². The minimum atomic E-state index is -1.21. The Labute approximate surface area is 259 Å². The third-order valence-corrected chi connectivity index (χ3v) is 9.12. The third-order valence-electron chi connectivity index (χ3n) is 9.12. The van der Waals surface area contributed by atoms with Crippen LogP contribution in [-0.2, 0) is 20.8 Å². The van der Waals surface area contributed by atoms with Crippen LogP contribution in [0.2, 0.25) is 0 Å². The van der Waals surface area contributed by atoms with Crippen LogP contribution in [0, 0.1) is 38.5 Å². The highest BCUT2D eigenvalue weighted by atomic mass is 16.5. The first-order valence-electron chi connectivity index (χ1n) is 16.3. The van der Waals surface area contributed by atoms with Gasteiger partial charge in [-0.3, -0.25) is 19.3 Å². The van der Waals surface area contributed by atoms with Gasteiger partial charge in [0.05, 0.1) is 19.6 Å². The van der Waals surface area contributed by atoms with Crippen LogP contribution in [0.4, 0.5) is 0 Å². The van der Waals surface area contributed by atoms with E-state index < -0.39 is 37.5 Å². The van der Waals surface area contributed by atoms with E-state index in [2.05, 4.69) is 34.6 Å². The molecule has 1 aromatic rings. The fourth-order valence-corrected chi connectivity index (χ4v) is 6.29. The lowest BCUT2D eigenvalue weighted by Gasteiger charge is -2.38. The van der Waals surface area contributed by atoms with E-state index in [0.717, 1.165) is 70.4 Å². The Morgan fingerprint density at radius 3 is 1.88 bits per heavy atom. The summed E-state index contributed by atoms with van der Waals surface area (Å²) in [5.41, 5.74) is 3.35. The quantitative estimate of drug-likeness (QED) is 0.123. The Morgan fingerprint density at radius 1 is 0.814 bits per heavy atom. The van der Waals surface area contributed by atoms with Gasteiger partial charge in [0, 0.05) is 5.56 Å². The van der Waals surface area contributed by atoms with E-state index in [1.807, 2.05) is 20.8 Å². The average molecular weight is 604 g/mol. The second-order valence-electron chi connectivity index (χ2n) is 13.8. The number of nitrogens with zero attached hydrogens (tertiary/aromatic N) is 1. The Kier molecular flexibility index (Phi) is 14.5. The van der Waals surface area contributed by atoms with Gasteiger partial charge in [0.1, 0.15) is 17.1 Å². The SMILES string of the molecule is Cc1c(C)c2c(c(C)c1OC(=O)CN(CC(=O)O)CC(=O)O)CC[C@@](C)(CCC[C@H](C)CCC[C@H](C)CCCC(C)C)O2. The zero-order valence-corrected chi connectivity index (χ0v) is 28.0. The summed E-state index contributed by atoms with van der Waals surface area (Å²) in [5, 5.41) is 18.1. The largest absolute Gasteiger partial charge is 0.487 e. The number of carbonyl (C=O) groups excluding carboxylic acids is 1. The normalized spacial score (nSPS) is 17.8. The van der Waals surface area contributed by atoms with Crippen molar-refractivity contribution in [2.24, 2.45) is 17.8 Å². The van der Waals surface area contributed by atoms with Gasteiger partial charge in [0.25, 0.3) is 0 Å². The minimum Gasteiger partial charge on any atom is -0.487 e. The van der Waals surface area contributed by atoms with Gasteiger partial charge in [-0.2, -0.15) is 0 Å². The van der Waals surface area contributed by atoms with Crippen molar-refractivity contribution in [3.63, 3.8) is 0 Å². The first-order chi connectivity index (χ1) is 20.1. The second-order valence-corrected chi connectivity index (χ2v) is 13.8. The van der Waals surface area contributed by atoms with Crippen LogP contribution in [0.25, 0.3) is 0 Å². The van der Waals surface area contributed by atoms with Gasteiger partial charge in [-0.1, -0.05) is 72.6 Å². The molecule has 1 aliphatic heterocycles. The topological polar surface area (TPSA) is 113 Å². The number of hydrogen-bond acceptors (Lipinski definition) is 6. The molecule has 3 atom stereocenters. The maximum atomic E-state index is 12.7. The lowest BCUT2D eigenvalue weighted by atomic mass is 9.83. The Morgan fingerprint density at radius 2 is 1.35 bits per heavy atom. The van der Waals surface area contributed by atoms with Crippen LogP contribution in [0.15, 0.2) is 0 Å².